The van der Waals surface area contributed by atoms with Gasteiger partial charge in [-0.05, 0) is 41.5 Å². The number of anilines is 1. The van der Waals surface area contributed by atoms with Crippen LogP contribution in [0.1, 0.15) is 27.5 Å². The van der Waals surface area contributed by atoms with E-state index < -0.39 is 40.8 Å². The van der Waals surface area contributed by atoms with Gasteiger partial charge in [-0.2, -0.15) is 0 Å². The van der Waals surface area contributed by atoms with Gasteiger partial charge in [-0.25, -0.2) is 9.86 Å². The van der Waals surface area contributed by atoms with Gasteiger partial charge < -0.3 is 9.47 Å². The molecule has 2 fully saturated rings. The molecule has 2 aliphatic rings. The van der Waals surface area contributed by atoms with Crippen molar-refractivity contribution in [1.82, 2.24) is 4.90 Å². The largest absolute Gasteiger partial charge is 0.493 e. The molecule has 11 nitrogen and oxygen atoms in total. The number of hydroxylamine groups is 1. The molecule has 3 atom stereocenters. The first-order valence-corrected chi connectivity index (χ1v) is 13.4. The van der Waals surface area contributed by atoms with Crippen LogP contribution in [0.25, 0.3) is 0 Å². The Kier molecular flexibility index (Phi) is 7.31. The summed E-state index contributed by atoms with van der Waals surface area (Å²) in [6.45, 7) is 0.0795. The summed E-state index contributed by atoms with van der Waals surface area (Å²) < 4.78 is 11.1. The molecule has 0 N–H and O–H groups in total. The van der Waals surface area contributed by atoms with Crippen molar-refractivity contribution in [1.29, 1.82) is 0 Å². The molecule has 2 amide bonds. The average molecular weight is 580 g/mol. The molecule has 11 heteroatoms. The summed E-state index contributed by atoms with van der Waals surface area (Å²) in [5, 5.41) is 12.9. The number of ether oxygens (including phenoxy) is 2. The molecule has 0 unspecified atom stereocenters. The Morgan fingerprint density at radius 3 is 2.30 bits per heavy atom. The van der Waals surface area contributed by atoms with Crippen LogP contribution in [0.4, 0.5) is 11.4 Å². The number of nitro groups is 1. The molecular weight excluding hydrogens is 554 g/mol. The summed E-state index contributed by atoms with van der Waals surface area (Å²) in [7, 11) is 1.41. The number of rotatable bonds is 8. The average Bonchev–Trinajstić information content (AvgIpc) is 3.54. The monoisotopic (exact) mass is 579 g/mol. The fourth-order valence-corrected chi connectivity index (χ4v) is 5.39. The fraction of sp³-hybridized carbons (Fsp3) is 0.156. The molecule has 0 radical (unpaired) electrons. The van der Waals surface area contributed by atoms with E-state index in [2.05, 4.69) is 0 Å². The number of hydrogen-bond acceptors (Lipinski definition) is 9. The van der Waals surface area contributed by atoms with E-state index in [1.807, 2.05) is 30.3 Å². The van der Waals surface area contributed by atoms with E-state index in [4.69, 9.17) is 14.3 Å². The van der Waals surface area contributed by atoms with Crippen molar-refractivity contribution in [2.75, 3.05) is 12.2 Å². The molecule has 0 aliphatic carbocycles. The molecule has 0 saturated carbocycles. The van der Waals surface area contributed by atoms with Gasteiger partial charge >= 0.3 is 5.97 Å². The molecule has 0 spiro atoms. The SMILES string of the molecule is COc1cc([C@@H]2[C@H]3C(=O)N(Cc4ccccc4)C(=O)[C@@H]3ON2c2cccc([N+](=O)[O-])c2)ccc1OC(=O)c1ccccc1. The van der Waals surface area contributed by atoms with Gasteiger partial charge in [-0.1, -0.05) is 60.7 Å². The number of imide groups is 1. The zero-order chi connectivity index (χ0) is 30.1. The van der Waals surface area contributed by atoms with Gasteiger partial charge in [0, 0.05) is 12.1 Å². The number of esters is 1. The maximum absolute atomic E-state index is 13.9. The second kappa shape index (κ2) is 11.4. The van der Waals surface area contributed by atoms with E-state index in [9.17, 15) is 24.5 Å². The number of carbonyl (C=O) groups is 3. The van der Waals surface area contributed by atoms with Crippen molar-refractivity contribution in [3.63, 3.8) is 0 Å². The molecule has 0 aromatic heterocycles. The topological polar surface area (TPSA) is 129 Å². The standard InChI is InChI=1S/C32H25N3O8/c1-41-26-17-22(15-16-25(26)42-32(38)21-11-6-3-7-12-21)28-27-29(43-34(28)23-13-8-14-24(18-23)35(39)40)31(37)33(30(27)36)19-20-9-4-2-5-10-20/h2-18,27-29H,19H2,1H3/t27-,28-,29-/m1/s1. The highest BCUT2D eigenvalue weighted by molar-refractivity contribution is 6.07. The predicted molar refractivity (Wildman–Crippen MR) is 153 cm³/mol. The number of amides is 2. The van der Waals surface area contributed by atoms with Crippen LogP contribution in [0.5, 0.6) is 11.5 Å². The molecular formula is C32H25N3O8. The van der Waals surface area contributed by atoms with Crippen LogP contribution >= 0.6 is 0 Å². The Bertz CT molecular complexity index is 1710. The Morgan fingerprint density at radius 1 is 0.884 bits per heavy atom. The number of nitro benzene ring substituents is 1. The van der Waals surface area contributed by atoms with Crippen molar-refractivity contribution in [3.05, 3.63) is 130 Å². The van der Waals surface area contributed by atoms with Crippen LogP contribution in [0.3, 0.4) is 0 Å². The summed E-state index contributed by atoms with van der Waals surface area (Å²) >= 11 is 0. The van der Waals surface area contributed by atoms with Crippen molar-refractivity contribution in [3.8, 4) is 11.5 Å². The summed E-state index contributed by atoms with van der Waals surface area (Å²) in [5.74, 6) is -2.12. The Hall–Kier alpha value is -5.55. The minimum atomic E-state index is -1.15. The first-order valence-electron chi connectivity index (χ1n) is 13.4. The molecule has 4 aromatic carbocycles. The van der Waals surface area contributed by atoms with Crippen molar-refractivity contribution in [2.45, 2.75) is 18.7 Å². The molecule has 2 saturated heterocycles. The summed E-state index contributed by atoms with van der Waals surface area (Å²) in [6, 6.07) is 27.3. The smallest absolute Gasteiger partial charge is 0.343 e. The summed E-state index contributed by atoms with van der Waals surface area (Å²) in [5.41, 5.74) is 1.76. The molecule has 4 aromatic rings. The zero-order valence-corrected chi connectivity index (χ0v) is 22.9. The second-order valence-electron chi connectivity index (χ2n) is 10.0. The Labute approximate surface area is 245 Å². The summed E-state index contributed by atoms with van der Waals surface area (Å²) in [4.78, 5) is 58.4. The van der Waals surface area contributed by atoms with Crippen molar-refractivity contribution < 1.29 is 33.6 Å². The highest BCUT2D eigenvalue weighted by Gasteiger charge is 2.60. The zero-order valence-electron chi connectivity index (χ0n) is 22.9. The van der Waals surface area contributed by atoms with Crippen LogP contribution in [0.2, 0.25) is 0 Å². The molecule has 6 rings (SSSR count). The number of benzene rings is 4. The number of hydrogen-bond donors (Lipinski definition) is 0. The third-order valence-corrected chi connectivity index (χ3v) is 7.43. The minimum Gasteiger partial charge on any atom is -0.493 e. The van der Waals surface area contributed by atoms with Crippen LogP contribution in [-0.4, -0.2) is 40.8 Å². The third-order valence-electron chi connectivity index (χ3n) is 7.43. The highest BCUT2D eigenvalue weighted by Crippen LogP contribution is 2.48. The second-order valence-corrected chi connectivity index (χ2v) is 10.0. The Balaban J connectivity index is 1.38. The van der Waals surface area contributed by atoms with Gasteiger partial charge in [0.1, 0.15) is 5.92 Å². The lowest BCUT2D eigenvalue weighted by molar-refractivity contribution is -0.384. The van der Waals surface area contributed by atoms with Gasteiger partial charge in [0.15, 0.2) is 17.6 Å². The maximum Gasteiger partial charge on any atom is 0.343 e. The third kappa shape index (κ3) is 5.17. The van der Waals surface area contributed by atoms with Crippen molar-refractivity contribution in [2.24, 2.45) is 5.92 Å². The van der Waals surface area contributed by atoms with Crippen LogP contribution < -0.4 is 14.5 Å². The van der Waals surface area contributed by atoms with Gasteiger partial charge in [-0.15, -0.1) is 0 Å². The minimum absolute atomic E-state index is 0.0795. The van der Waals surface area contributed by atoms with Gasteiger partial charge in [0.25, 0.3) is 11.6 Å². The molecule has 2 heterocycles. The first-order chi connectivity index (χ1) is 20.9. The normalized spacial score (nSPS) is 19.3. The van der Waals surface area contributed by atoms with E-state index in [1.165, 1.54) is 41.3 Å². The van der Waals surface area contributed by atoms with E-state index in [0.717, 1.165) is 5.56 Å². The number of nitrogens with zero attached hydrogens (tertiary/aromatic N) is 3. The Morgan fingerprint density at radius 2 is 1.60 bits per heavy atom. The van der Waals surface area contributed by atoms with E-state index in [0.29, 0.717) is 16.8 Å². The fourth-order valence-electron chi connectivity index (χ4n) is 5.39. The number of methoxy groups -OCH3 is 1. The molecule has 2 aliphatic heterocycles. The molecule has 0 bridgehead atoms. The van der Waals surface area contributed by atoms with Gasteiger partial charge in [-0.3, -0.25) is 29.4 Å². The van der Waals surface area contributed by atoms with Crippen molar-refractivity contribution >= 4 is 29.2 Å². The number of fused-ring (bicyclic) bond motifs is 1. The maximum atomic E-state index is 13.9. The van der Waals surface area contributed by atoms with E-state index in [1.54, 1.807) is 48.5 Å². The van der Waals surface area contributed by atoms with Gasteiger partial charge in [0.05, 0.1) is 35.9 Å². The van der Waals surface area contributed by atoms with Crippen LogP contribution in [0, 0.1) is 16.0 Å². The molecule has 43 heavy (non-hydrogen) atoms. The first kappa shape index (κ1) is 27.6. The lowest BCUT2D eigenvalue weighted by Crippen LogP contribution is -2.37. The van der Waals surface area contributed by atoms with Gasteiger partial charge in [0.2, 0.25) is 5.91 Å². The lowest BCUT2D eigenvalue weighted by atomic mass is 9.90. The lowest BCUT2D eigenvalue weighted by Gasteiger charge is -2.29. The van der Waals surface area contributed by atoms with E-state index >= 15 is 0 Å². The number of likely N-dealkylation sites (tertiary alicyclic amines) is 1. The quantitative estimate of drug-likeness (QED) is 0.0944. The number of carbonyl (C=O) groups excluding carboxylic acids is 3. The predicted octanol–water partition coefficient (Wildman–Crippen LogP) is 4.87. The van der Waals surface area contributed by atoms with Crippen LogP contribution in [-0.2, 0) is 21.0 Å². The van der Waals surface area contributed by atoms with Crippen LogP contribution in [0.15, 0.2) is 103 Å². The molecule has 216 valence electrons. The highest BCUT2D eigenvalue weighted by atomic mass is 16.7. The summed E-state index contributed by atoms with van der Waals surface area (Å²) in [6.07, 6.45) is -1.15. The van der Waals surface area contributed by atoms with E-state index in [-0.39, 0.29) is 23.7 Å². The number of non-ortho nitro benzene ring substituents is 1.